The van der Waals surface area contributed by atoms with Crippen molar-refractivity contribution in [3.05, 3.63) is 34.9 Å². The molecule has 0 aliphatic heterocycles. The maximum atomic E-state index is 8.90. The predicted octanol–water partition coefficient (Wildman–Crippen LogP) is 3.16. The van der Waals surface area contributed by atoms with Gasteiger partial charge in [-0.25, -0.2) is 0 Å². The molecule has 1 aliphatic carbocycles. The predicted molar refractivity (Wildman–Crippen MR) is 74.2 cm³/mol. The van der Waals surface area contributed by atoms with E-state index in [4.69, 9.17) is 5.26 Å². The van der Waals surface area contributed by atoms with E-state index in [0.717, 1.165) is 19.6 Å². The molecule has 0 heterocycles. The van der Waals surface area contributed by atoms with Crippen molar-refractivity contribution >= 4 is 0 Å². The van der Waals surface area contributed by atoms with Crippen LogP contribution in [0.25, 0.3) is 0 Å². The first-order valence-corrected chi connectivity index (χ1v) is 6.95. The number of nitriles is 1. The molecule has 2 nitrogen and oxygen atoms in total. The minimum Gasteiger partial charge on any atom is -0.298 e. The Labute approximate surface area is 110 Å². The van der Waals surface area contributed by atoms with E-state index in [1.165, 1.54) is 36.0 Å². The molecule has 0 spiro atoms. The Morgan fingerprint density at radius 2 is 2.11 bits per heavy atom. The van der Waals surface area contributed by atoms with E-state index < -0.39 is 0 Å². The lowest BCUT2D eigenvalue weighted by Gasteiger charge is -2.21. The molecule has 1 aromatic carbocycles. The minimum atomic E-state index is 0.111. The van der Waals surface area contributed by atoms with Crippen molar-refractivity contribution in [3.8, 4) is 6.07 Å². The Morgan fingerprint density at radius 1 is 1.33 bits per heavy atom. The maximum absolute atomic E-state index is 8.90. The van der Waals surface area contributed by atoms with Crippen molar-refractivity contribution < 1.29 is 0 Å². The summed E-state index contributed by atoms with van der Waals surface area (Å²) in [6, 6.07) is 9.22. The standard InChI is InChI=1S/C16H22N2/c1-3-18(11-13(2)10-17)12-14-7-8-15-5-4-6-16(15)9-14/h7-9,13H,3-6,11-12H2,1-2H3. The molecule has 2 rings (SSSR count). The van der Waals surface area contributed by atoms with Gasteiger partial charge in [-0.3, -0.25) is 4.90 Å². The summed E-state index contributed by atoms with van der Waals surface area (Å²) in [6.45, 7) is 6.99. The first-order chi connectivity index (χ1) is 8.72. The van der Waals surface area contributed by atoms with Crippen LogP contribution in [-0.4, -0.2) is 18.0 Å². The van der Waals surface area contributed by atoms with Crippen molar-refractivity contribution in [2.75, 3.05) is 13.1 Å². The van der Waals surface area contributed by atoms with E-state index in [-0.39, 0.29) is 5.92 Å². The van der Waals surface area contributed by atoms with Crippen LogP contribution < -0.4 is 0 Å². The van der Waals surface area contributed by atoms with Crippen LogP contribution >= 0.6 is 0 Å². The van der Waals surface area contributed by atoms with Crippen LogP contribution in [0.3, 0.4) is 0 Å². The summed E-state index contributed by atoms with van der Waals surface area (Å²) in [5, 5.41) is 8.90. The number of fused-ring (bicyclic) bond motifs is 1. The molecule has 0 N–H and O–H groups in total. The molecule has 0 bridgehead atoms. The van der Waals surface area contributed by atoms with Gasteiger partial charge in [-0.1, -0.05) is 25.1 Å². The minimum absolute atomic E-state index is 0.111. The quantitative estimate of drug-likeness (QED) is 0.793. The average Bonchev–Trinajstić information content (AvgIpc) is 2.85. The molecule has 0 aromatic heterocycles. The first-order valence-electron chi connectivity index (χ1n) is 6.95. The molecule has 1 aromatic rings. The largest absolute Gasteiger partial charge is 0.298 e. The second-order valence-electron chi connectivity index (χ2n) is 5.31. The van der Waals surface area contributed by atoms with Gasteiger partial charge in [0.2, 0.25) is 0 Å². The highest BCUT2D eigenvalue weighted by molar-refractivity contribution is 5.35. The van der Waals surface area contributed by atoms with Crippen LogP contribution in [0.4, 0.5) is 0 Å². The van der Waals surface area contributed by atoms with Crippen LogP contribution in [0.5, 0.6) is 0 Å². The maximum Gasteiger partial charge on any atom is 0.0666 e. The van der Waals surface area contributed by atoms with Crippen LogP contribution in [0.15, 0.2) is 18.2 Å². The Kier molecular flexibility index (Phi) is 4.38. The molecule has 96 valence electrons. The molecule has 2 heteroatoms. The molecule has 1 aliphatic rings. The van der Waals surface area contributed by atoms with Crippen molar-refractivity contribution in [3.63, 3.8) is 0 Å². The van der Waals surface area contributed by atoms with Crippen LogP contribution in [0.1, 0.15) is 37.0 Å². The summed E-state index contributed by atoms with van der Waals surface area (Å²) in [4.78, 5) is 2.35. The summed E-state index contributed by atoms with van der Waals surface area (Å²) in [5.74, 6) is 0.111. The Bertz CT molecular complexity index is 445. The molecule has 0 saturated carbocycles. The molecule has 1 atom stereocenters. The fourth-order valence-corrected chi connectivity index (χ4v) is 2.72. The number of hydrogen-bond acceptors (Lipinski definition) is 2. The van der Waals surface area contributed by atoms with Gasteiger partial charge in [-0.2, -0.15) is 5.26 Å². The summed E-state index contributed by atoms with van der Waals surface area (Å²) >= 11 is 0. The van der Waals surface area contributed by atoms with Crippen molar-refractivity contribution in [2.45, 2.75) is 39.7 Å². The molecule has 0 fully saturated rings. The van der Waals surface area contributed by atoms with E-state index >= 15 is 0 Å². The second kappa shape index (κ2) is 6.02. The topological polar surface area (TPSA) is 27.0 Å². The van der Waals surface area contributed by atoms with Gasteiger partial charge >= 0.3 is 0 Å². The Hall–Kier alpha value is -1.33. The van der Waals surface area contributed by atoms with Gasteiger partial charge < -0.3 is 0 Å². The van der Waals surface area contributed by atoms with E-state index in [1.807, 2.05) is 6.92 Å². The third-order valence-electron chi connectivity index (χ3n) is 3.77. The Balaban J connectivity index is 2.01. The third-order valence-corrected chi connectivity index (χ3v) is 3.77. The Morgan fingerprint density at radius 3 is 2.83 bits per heavy atom. The van der Waals surface area contributed by atoms with Gasteiger partial charge in [-0.15, -0.1) is 0 Å². The molecule has 0 amide bonds. The average molecular weight is 242 g/mol. The van der Waals surface area contributed by atoms with Crippen LogP contribution in [-0.2, 0) is 19.4 Å². The monoisotopic (exact) mass is 242 g/mol. The van der Waals surface area contributed by atoms with Crippen molar-refractivity contribution in [1.82, 2.24) is 4.90 Å². The van der Waals surface area contributed by atoms with Crippen molar-refractivity contribution in [1.29, 1.82) is 5.26 Å². The number of hydrogen-bond donors (Lipinski definition) is 0. The highest BCUT2D eigenvalue weighted by Gasteiger charge is 2.13. The normalized spacial score (nSPS) is 15.4. The van der Waals surface area contributed by atoms with E-state index in [0.29, 0.717) is 0 Å². The van der Waals surface area contributed by atoms with Gasteiger partial charge in [0.15, 0.2) is 0 Å². The first kappa shape index (κ1) is 13.1. The summed E-state index contributed by atoms with van der Waals surface area (Å²) in [6.07, 6.45) is 3.80. The van der Waals surface area contributed by atoms with E-state index in [1.54, 1.807) is 0 Å². The van der Waals surface area contributed by atoms with Crippen LogP contribution in [0, 0.1) is 17.2 Å². The van der Waals surface area contributed by atoms with Crippen LogP contribution in [0.2, 0.25) is 0 Å². The summed E-state index contributed by atoms with van der Waals surface area (Å²) in [5.41, 5.74) is 4.46. The summed E-state index contributed by atoms with van der Waals surface area (Å²) in [7, 11) is 0. The van der Waals surface area contributed by atoms with Gasteiger partial charge in [0.1, 0.15) is 0 Å². The molecular formula is C16H22N2. The lowest BCUT2D eigenvalue weighted by molar-refractivity contribution is 0.260. The van der Waals surface area contributed by atoms with Gasteiger partial charge in [0.25, 0.3) is 0 Å². The van der Waals surface area contributed by atoms with Gasteiger partial charge in [0.05, 0.1) is 12.0 Å². The van der Waals surface area contributed by atoms with Gasteiger partial charge in [-0.05, 0) is 49.4 Å². The highest BCUT2D eigenvalue weighted by atomic mass is 15.1. The lowest BCUT2D eigenvalue weighted by atomic mass is 10.1. The molecule has 1 unspecified atom stereocenters. The number of aryl methyl sites for hydroxylation is 2. The fourth-order valence-electron chi connectivity index (χ4n) is 2.72. The zero-order chi connectivity index (χ0) is 13.0. The SMILES string of the molecule is CCN(Cc1ccc2c(c1)CCC2)CC(C)C#N. The zero-order valence-electron chi connectivity index (χ0n) is 11.4. The highest BCUT2D eigenvalue weighted by Crippen LogP contribution is 2.23. The lowest BCUT2D eigenvalue weighted by Crippen LogP contribution is -2.27. The van der Waals surface area contributed by atoms with Crippen molar-refractivity contribution in [2.24, 2.45) is 5.92 Å². The summed E-state index contributed by atoms with van der Waals surface area (Å²) < 4.78 is 0. The molecular weight excluding hydrogens is 220 g/mol. The smallest absolute Gasteiger partial charge is 0.0666 e. The second-order valence-corrected chi connectivity index (χ2v) is 5.31. The molecule has 0 radical (unpaired) electrons. The molecule has 18 heavy (non-hydrogen) atoms. The molecule has 0 saturated heterocycles. The number of rotatable bonds is 5. The van der Waals surface area contributed by atoms with E-state index in [2.05, 4.69) is 36.1 Å². The number of benzene rings is 1. The number of nitrogens with zero attached hydrogens (tertiary/aromatic N) is 2. The zero-order valence-corrected chi connectivity index (χ0v) is 11.4. The fraction of sp³-hybridized carbons (Fsp3) is 0.562. The van der Waals surface area contributed by atoms with E-state index in [9.17, 15) is 0 Å². The van der Waals surface area contributed by atoms with Gasteiger partial charge in [0, 0.05) is 13.1 Å². The third kappa shape index (κ3) is 3.11.